The molecule has 0 aliphatic carbocycles. The zero-order valence-corrected chi connectivity index (χ0v) is 6.41. The highest BCUT2D eigenvalue weighted by Gasteiger charge is 2.34. The van der Waals surface area contributed by atoms with Crippen molar-refractivity contribution in [3.05, 3.63) is 0 Å². The minimum absolute atomic E-state index is 0.0418. The molecule has 0 unspecified atom stereocenters. The molecule has 0 aromatic rings. The van der Waals surface area contributed by atoms with Gasteiger partial charge >= 0.3 is 5.97 Å². The van der Waals surface area contributed by atoms with E-state index in [0.717, 1.165) is 0 Å². The Bertz CT molecular complexity index is 190. The van der Waals surface area contributed by atoms with Crippen molar-refractivity contribution in [1.82, 2.24) is 4.90 Å². The number of hydrogen-bond donors (Lipinski definition) is 1. The van der Waals surface area contributed by atoms with E-state index >= 15 is 0 Å². The van der Waals surface area contributed by atoms with Gasteiger partial charge in [0, 0.05) is 13.0 Å². The van der Waals surface area contributed by atoms with Crippen molar-refractivity contribution in [2.24, 2.45) is 0 Å². The van der Waals surface area contributed by atoms with Crippen molar-refractivity contribution in [3.8, 4) is 0 Å². The summed E-state index contributed by atoms with van der Waals surface area (Å²) in [7, 11) is 0. The quantitative estimate of drug-likeness (QED) is 0.617. The fourth-order valence-corrected chi connectivity index (χ4v) is 1.39. The molecule has 0 aromatic carbocycles. The SMILES string of the molecule is CCN1C(=O)CC[C@@H]1C(=O)O. The van der Waals surface area contributed by atoms with E-state index in [9.17, 15) is 9.59 Å². The summed E-state index contributed by atoms with van der Waals surface area (Å²) in [6, 6.07) is -0.576. The van der Waals surface area contributed by atoms with Gasteiger partial charge in [-0.05, 0) is 13.3 Å². The number of carbonyl (C=O) groups excluding carboxylic acids is 1. The second-order valence-electron chi connectivity index (χ2n) is 2.57. The summed E-state index contributed by atoms with van der Waals surface area (Å²) in [6.45, 7) is 2.29. The molecule has 0 spiro atoms. The average molecular weight is 157 g/mol. The molecule has 1 atom stereocenters. The number of hydrogen-bond acceptors (Lipinski definition) is 2. The van der Waals surface area contributed by atoms with Crippen LogP contribution in [0, 0.1) is 0 Å². The third-order valence-corrected chi connectivity index (χ3v) is 1.95. The van der Waals surface area contributed by atoms with Crippen LogP contribution in [0.15, 0.2) is 0 Å². The largest absolute Gasteiger partial charge is 0.480 e. The molecule has 0 saturated carbocycles. The van der Waals surface area contributed by atoms with E-state index in [1.807, 2.05) is 0 Å². The third-order valence-electron chi connectivity index (χ3n) is 1.95. The van der Waals surface area contributed by atoms with Gasteiger partial charge in [0.1, 0.15) is 6.04 Å². The lowest BCUT2D eigenvalue weighted by Gasteiger charge is -2.18. The monoisotopic (exact) mass is 157 g/mol. The second kappa shape index (κ2) is 2.90. The summed E-state index contributed by atoms with van der Waals surface area (Å²) in [4.78, 5) is 22.9. The van der Waals surface area contributed by atoms with Crippen LogP contribution in [0.2, 0.25) is 0 Å². The van der Waals surface area contributed by atoms with Gasteiger partial charge in [-0.1, -0.05) is 0 Å². The Balaban J connectivity index is 2.68. The number of carboxylic acids is 1. The first-order chi connectivity index (χ1) is 5.16. The van der Waals surface area contributed by atoms with Crippen molar-refractivity contribution in [2.75, 3.05) is 6.54 Å². The number of likely N-dealkylation sites (N-methyl/N-ethyl adjacent to an activating group) is 1. The van der Waals surface area contributed by atoms with Crippen LogP contribution in [0.3, 0.4) is 0 Å². The zero-order chi connectivity index (χ0) is 8.43. The average Bonchev–Trinajstić information content (AvgIpc) is 2.30. The van der Waals surface area contributed by atoms with Gasteiger partial charge in [-0.2, -0.15) is 0 Å². The van der Waals surface area contributed by atoms with Gasteiger partial charge in [0.2, 0.25) is 5.91 Å². The molecule has 0 bridgehead atoms. The molecule has 4 nitrogen and oxygen atoms in total. The molecule has 1 rings (SSSR count). The molecule has 1 saturated heterocycles. The molecule has 1 amide bonds. The van der Waals surface area contributed by atoms with Crippen LogP contribution < -0.4 is 0 Å². The predicted molar refractivity (Wildman–Crippen MR) is 38.0 cm³/mol. The number of rotatable bonds is 2. The van der Waals surface area contributed by atoms with Crippen LogP contribution in [-0.2, 0) is 9.59 Å². The second-order valence-corrected chi connectivity index (χ2v) is 2.57. The minimum atomic E-state index is -0.891. The van der Waals surface area contributed by atoms with Crippen molar-refractivity contribution in [3.63, 3.8) is 0 Å². The molecule has 0 aromatic heterocycles. The van der Waals surface area contributed by atoms with E-state index in [2.05, 4.69) is 0 Å². The lowest BCUT2D eigenvalue weighted by molar-refractivity contribution is -0.146. The Hall–Kier alpha value is -1.06. The number of likely N-dealkylation sites (tertiary alicyclic amines) is 1. The minimum Gasteiger partial charge on any atom is -0.480 e. The maximum absolute atomic E-state index is 11.0. The first-order valence-electron chi connectivity index (χ1n) is 3.69. The summed E-state index contributed by atoms with van der Waals surface area (Å²) < 4.78 is 0. The van der Waals surface area contributed by atoms with Crippen LogP contribution >= 0.6 is 0 Å². The Labute approximate surface area is 64.8 Å². The first-order valence-corrected chi connectivity index (χ1v) is 3.69. The fraction of sp³-hybridized carbons (Fsp3) is 0.714. The van der Waals surface area contributed by atoms with E-state index < -0.39 is 12.0 Å². The van der Waals surface area contributed by atoms with Gasteiger partial charge in [0.15, 0.2) is 0 Å². The Morgan fingerprint density at radius 1 is 1.82 bits per heavy atom. The van der Waals surface area contributed by atoms with Crippen LogP contribution in [0.4, 0.5) is 0 Å². The number of carbonyl (C=O) groups is 2. The highest BCUT2D eigenvalue weighted by atomic mass is 16.4. The lowest BCUT2D eigenvalue weighted by atomic mass is 10.2. The van der Waals surface area contributed by atoms with E-state index in [-0.39, 0.29) is 5.91 Å². The van der Waals surface area contributed by atoms with E-state index in [1.54, 1.807) is 6.92 Å². The van der Waals surface area contributed by atoms with Crippen LogP contribution in [0.1, 0.15) is 19.8 Å². The summed E-state index contributed by atoms with van der Waals surface area (Å²) >= 11 is 0. The van der Waals surface area contributed by atoms with Gasteiger partial charge in [-0.3, -0.25) is 4.79 Å². The Morgan fingerprint density at radius 3 is 2.82 bits per heavy atom. The van der Waals surface area contributed by atoms with Crippen LogP contribution in [-0.4, -0.2) is 34.5 Å². The van der Waals surface area contributed by atoms with Gasteiger partial charge in [0.25, 0.3) is 0 Å². The smallest absolute Gasteiger partial charge is 0.326 e. The van der Waals surface area contributed by atoms with Crippen LogP contribution in [0.5, 0.6) is 0 Å². The molecule has 1 aliphatic rings. The number of carboxylic acid groups (broad SMARTS) is 1. The summed E-state index contributed by atoms with van der Waals surface area (Å²) in [6.07, 6.45) is 0.840. The normalized spacial score (nSPS) is 24.3. The van der Waals surface area contributed by atoms with Crippen molar-refractivity contribution in [2.45, 2.75) is 25.8 Å². The maximum Gasteiger partial charge on any atom is 0.326 e. The first kappa shape index (κ1) is 8.04. The summed E-state index contributed by atoms with van der Waals surface area (Å²) in [5, 5.41) is 8.64. The van der Waals surface area contributed by atoms with Crippen molar-refractivity contribution < 1.29 is 14.7 Å². The third kappa shape index (κ3) is 1.34. The van der Waals surface area contributed by atoms with Crippen molar-refractivity contribution >= 4 is 11.9 Å². The highest BCUT2D eigenvalue weighted by Crippen LogP contribution is 2.17. The van der Waals surface area contributed by atoms with Crippen LogP contribution in [0.25, 0.3) is 0 Å². The molecule has 4 heteroatoms. The standard InChI is InChI=1S/C7H11NO3/c1-2-8-5(7(10)11)3-4-6(8)9/h5H,2-4H2,1H3,(H,10,11)/t5-/m1/s1. The molecule has 11 heavy (non-hydrogen) atoms. The van der Waals surface area contributed by atoms with E-state index in [1.165, 1.54) is 4.90 Å². The van der Waals surface area contributed by atoms with E-state index in [4.69, 9.17) is 5.11 Å². The molecule has 1 aliphatic heterocycles. The van der Waals surface area contributed by atoms with Crippen molar-refractivity contribution in [1.29, 1.82) is 0 Å². The number of aliphatic carboxylic acids is 1. The molecule has 1 fully saturated rings. The topological polar surface area (TPSA) is 57.6 Å². The Morgan fingerprint density at radius 2 is 2.45 bits per heavy atom. The fourth-order valence-electron chi connectivity index (χ4n) is 1.39. The molecule has 62 valence electrons. The molecular formula is C7H11NO3. The van der Waals surface area contributed by atoms with E-state index in [0.29, 0.717) is 19.4 Å². The highest BCUT2D eigenvalue weighted by molar-refractivity contribution is 5.87. The lowest BCUT2D eigenvalue weighted by Crippen LogP contribution is -2.38. The van der Waals surface area contributed by atoms with Gasteiger partial charge in [-0.25, -0.2) is 4.79 Å². The summed E-state index contributed by atoms with van der Waals surface area (Å²) in [5.41, 5.74) is 0. The van der Waals surface area contributed by atoms with Gasteiger partial charge in [-0.15, -0.1) is 0 Å². The summed E-state index contributed by atoms with van der Waals surface area (Å²) in [5.74, 6) is -0.933. The maximum atomic E-state index is 11.0. The zero-order valence-electron chi connectivity index (χ0n) is 6.41. The molecule has 1 N–H and O–H groups in total. The predicted octanol–water partition coefficient (Wildman–Crippen LogP) is 0.0819. The molecule has 1 heterocycles. The number of nitrogens with zero attached hydrogens (tertiary/aromatic N) is 1. The Kier molecular flexibility index (Phi) is 2.12. The molecule has 0 radical (unpaired) electrons. The molecular weight excluding hydrogens is 146 g/mol. The number of amides is 1. The van der Waals surface area contributed by atoms with Gasteiger partial charge in [0.05, 0.1) is 0 Å². The van der Waals surface area contributed by atoms with Gasteiger partial charge < -0.3 is 10.0 Å².